The highest BCUT2D eigenvalue weighted by molar-refractivity contribution is 6.13. The summed E-state index contributed by atoms with van der Waals surface area (Å²) in [5.74, 6) is 1.52. The summed E-state index contributed by atoms with van der Waals surface area (Å²) in [6.07, 6.45) is 1.80. The Kier molecular flexibility index (Phi) is 3.47. The summed E-state index contributed by atoms with van der Waals surface area (Å²) >= 11 is 0. The Balaban J connectivity index is 1.93. The van der Waals surface area contributed by atoms with Crippen LogP contribution in [0.4, 0.5) is 0 Å². The molecule has 27 heavy (non-hydrogen) atoms. The summed E-state index contributed by atoms with van der Waals surface area (Å²) < 4.78 is 8.19. The van der Waals surface area contributed by atoms with Crippen molar-refractivity contribution >= 4 is 32.4 Å². The van der Waals surface area contributed by atoms with Crippen molar-refractivity contribution in [2.45, 2.75) is 0 Å². The van der Waals surface area contributed by atoms with E-state index in [0.717, 1.165) is 43.9 Å². The van der Waals surface area contributed by atoms with E-state index in [2.05, 4.69) is 24.3 Å². The Bertz CT molecular complexity index is 1370. The van der Waals surface area contributed by atoms with E-state index in [1.165, 1.54) is 0 Å². The van der Waals surface area contributed by atoms with E-state index in [4.69, 9.17) is 4.74 Å². The summed E-state index contributed by atoms with van der Waals surface area (Å²) in [5.41, 5.74) is 0.880. The maximum atomic E-state index is 12.7. The van der Waals surface area contributed by atoms with Crippen molar-refractivity contribution in [1.82, 2.24) is 4.57 Å². The van der Waals surface area contributed by atoms with Gasteiger partial charge in [-0.25, -0.2) is 0 Å². The molecule has 1 heterocycles. The number of aromatic nitrogens is 1. The van der Waals surface area contributed by atoms with Gasteiger partial charge in [-0.05, 0) is 40.4 Å². The fourth-order valence-electron chi connectivity index (χ4n) is 3.64. The topological polar surface area (TPSA) is 31.2 Å². The molecular formula is C24H17NO2. The Morgan fingerprint density at radius 1 is 0.778 bits per heavy atom. The summed E-state index contributed by atoms with van der Waals surface area (Å²) in [6.45, 7) is 0. The molecule has 4 aromatic carbocycles. The van der Waals surface area contributed by atoms with Gasteiger partial charge in [-0.2, -0.15) is 0 Å². The third-order valence-electron chi connectivity index (χ3n) is 4.99. The van der Waals surface area contributed by atoms with Crippen LogP contribution in [0.2, 0.25) is 0 Å². The molecule has 5 aromatic rings. The number of aryl methyl sites for hydroxylation is 1. The molecule has 0 saturated carbocycles. The van der Waals surface area contributed by atoms with Crippen LogP contribution in [0.3, 0.4) is 0 Å². The van der Waals surface area contributed by atoms with Gasteiger partial charge in [-0.3, -0.25) is 4.79 Å². The monoisotopic (exact) mass is 351 g/mol. The first-order valence-electron chi connectivity index (χ1n) is 8.88. The van der Waals surface area contributed by atoms with Crippen molar-refractivity contribution in [3.63, 3.8) is 0 Å². The number of hydrogen-bond acceptors (Lipinski definition) is 2. The Morgan fingerprint density at radius 2 is 1.44 bits per heavy atom. The van der Waals surface area contributed by atoms with E-state index >= 15 is 0 Å². The van der Waals surface area contributed by atoms with Gasteiger partial charge in [0.1, 0.15) is 11.5 Å². The normalized spacial score (nSPS) is 11.3. The van der Waals surface area contributed by atoms with Gasteiger partial charge in [0.15, 0.2) is 5.43 Å². The van der Waals surface area contributed by atoms with E-state index in [9.17, 15) is 4.79 Å². The lowest BCUT2D eigenvalue weighted by molar-refractivity contribution is 0.489. The second-order valence-corrected chi connectivity index (χ2v) is 6.72. The molecule has 3 nitrogen and oxygen atoms in total. The third kappa shape index (κ3) is 2.56. The number of pyridine rings is 1. The van der Waals surface area contributed by atoms with E-state index in [-0.39, 0.29) is 5.43 Å². The number of rotatable bonds is 2. The largest absolute Gasteiger partial charge is 0.457 e. The molecule has 0 bridgehead atoms. The lowest BCUT2D eigenvalue weighted by Crippen LogP contribution is -2.06. The van der Waals surface area contributed by atoms with Gasteiger partial charge < -0.3 is 9.30 Å². The predicted molar refractivity (Wildman–Crippen MR) is 111 cm³/mol. The minimum Gasteiger partial charge on any atom is -0.457 e. The first-order chi connectivity index (χ1) is 13.2. The summed E-state index contributed by atoms with van der Waals surface area (Å²) in [7, 11) is 1.95. The number of fused-ring (bicyclic) bond motifs is 4. The molecule has 0 aliphatic carbocycles. The average Bonchev–Trinajstić information content (AvgIpc) is 2.70. The van der Waals surface area contributed by atoms with Crippen LogP contribution in [0.5, 0.6) is 11.5 Å². The van der Waals surface area contributed by atoms with Crippen LogP contribution in [-0.4, -0.2) is 4.57 Å². The molecule has 0 amide bonds. The fourth-order valence-corrected chi connectivity index (χ4v) is 3.64. The van der Waals surface area contributed by atoms with Crippen LogP contribution in [0.1, 0.15) is 0 Å². The molecule has 0 unspecified atom stereocenters. The lowest BCUT2D eigenvalue weighted by atomic mass is 9.99. The minimum absolute atomic E-state index is 0.0228. The second-order valence-electron chi connectivity index (χ2n) is 6.72. The summed E-state index contributed by atoms with van der Waals surface area (Å²) in [5, 5.41) is 4.80. The fraction of sp³-hybridized carbons (Fsp3) is 0.0417. The average molecular weight is 351 g/mol. The Labute approximate surface area is 156 Å². The van der Waals surface area contributed by atoms with Gasteiger partial charge in [0.25, 0.3) is 0 Å². The molecule has 3 heteroatoms. The quantitative estimate of drug-likeness (QED) is 0.304. The SMILES string of the molecule is Cn1ccc(=O)c2c3cc4ccccc4cc3c(Oc3ccccc3)cc21. The van der Waals surface area contributed by atoms with Crippen LogP contribution in [0.15, 0.2) is 89.9 Å². The van der Waals surface area contributed by atoms with Crippen molar-refractivity contribution in [3.05, 3.63) is 95.3 Å². The molecule has 0 fully saturated rings. The van der Waals surface area contributed by atoms with E-state index in [1.807, 2.05) is 60.1 Å². The molecule has 0 N–H and O–H groups in total. The van der Waals surface area contributed by atoms with Gasteiger partial charge in [-0.15, -0.1) is 0 Å². The highest BCUT2D eigenvalue weighted by Crippen LogP contribution is 2.37. The van der Waals surface area contributed by atoms with Gasteiger partial charge in [0.2, 0.25) is 0 Å². The Hall–Kier alpha value is -3.59. The molecule has 1 aromatic heterocycles. The number of benzene rings is 4. The van der Waals surface area contributed by atoms with Crippen molar-refractivity contribution in [2.24, 2.45) is 7.05 Å². The van der Waals surface area contributed by atoms with E-state index in [1.54, 1.807) is 12.3 Å². The van der Waals surface area contributed by atoms with E-state index in [0.29, 0.717) is 0 Å². The highest BCUT2D eigenvalue weighted by atomic mass is 16.5. The lowest BCUT2D eigenvalue weighted by Gasteiger charge is -2.14. The number of nitrogens with zero attached hydrogens (tertiary/aromatic N) is 1. The summed E-state index contributed by atoms with van der Waals surface area (Å²) in [4.78, 5) is 12.7. The van der Waals surface area contributed by atoms with Gasteiger partial charge in [0, 0.05) is 30.8 Å². The molecule has 0 atom stereocenters. The van der Waals surface area contributed by atoms with Crippen LogP contribution in [0, 0.1) is 0 Å². The van der Waals surface area contributed by atoms with Crippen molar-refractivity contribution in [2.75, 3.05) is 0 Å². The Morgan fingerprint density at radius 3 is 2.19 bits per heavy atom. The van der Waals surface area contributed by atoms with Crippen LogP contribution in [-0.2, 0) is 7.05 Å². The zero-order valence-electron chi connectivity index (χ0n) is 14.8. The van der Waals surface area contributed by atoms with Gasteiger partial charge in [0.05, 0.1) is 10.9 Å². The molecule has 0 radical (unpaired) electrons. The molecule has 0 spiro atoms. The first kappa shape index (κ1) is 15.6. The smallest absolute Gasteiger partial charge is 0.190 e. The standard InChI is InChI=1S/C24H17NO2/c1-25-12-11-22(26)24-20-14-17-8-6-5-7-16(17)13-19(20)23(15-21(24)25)27-18-9-3-2-4-10-18/h2-15H,1H3. The number of para-hydroxylation sites is 1. The van der Waals surface area contributed by atoms with Crippen LogP contribution in [0.25, 0.3) is 32.4 Å². The molecular weight excluding hydrogens is 334 g/mol. The zero-order valence-corrected chi connectivity index (χ0v) is 14.8. The van der Waals surface area contributed by atoms with Crippen molar-refractivity contribution < 1.29 is 4.74 Å². The van der Waals surface area contributed by atoms with E-state index < -0.39 is 0 Å². The third-order valence-corrected chi connectivity index (χ3v) is 4.99. The molecule has 0 aliphatic rings. The van der Waals surface area contributed by atoms with Crippen LogP contribution < -0.4 is 10.2 Å². The molecule has 130 valence electrons. The van der Waals surface area contributed by atoms with Gasteiger partial charge >= 0.3 is 0 Å². The first-order valence-corrected chi connectivity index (χ1v) is 8.88. The second kappa shape index (κ2) is 5.99. The maximum absolute atomic E-state index is 12.7. The molecule has 0 saturated heterocycles. The zero-order chi connectivity index (χ0) is 18.4. The van der Waals surface area contributed by atoms with Crippen molar-refractivity contribution in [1.29, 1.82) is 0 Å². The van der Waals surface area contributed by atoms with Crippen LogP contribution >= 0.6 is 0 Å². The van der Waals surface area contributed by atoms with Crippen molar-refractivity contribution in [3.8, 4) is 11.5 Å². The number of ether oxygens (including phenoxy) is 1. The summed E-state index contributed by atoms with van der Waals surface area (Å²) in [6, 6.07) is 25.7. The minimum atomic E-state index is 0.0228. The highest BCUT2D eigenvalue weighted by Gasteiger charge is 2.13. The molecule has 5 rings (SSSR count). The van der Waals surface area contributed by atoms with Gasteiger partial charge in [-0.1, -0.05) is 42.5 Å². The number of hydrogen-bond donors (Lipinski definition) is 0. The maximum Gasteiger partial charge on any atom is 0.190 e. The predicted octanol–water partition coefficient (Wildman–Crippen LogP) is 5.64. The molecule has 0 aliphatic heterocycles.